The van der Waals surface area contributed by atoms with Crippen LogP contribution in [0.5, 0.6) is 0 Å². The van der Waals surface area contributed by atoms with Crippen LogP contribution in [0, 0.1) is 0 Å². The smallest absolute Gasteiger partial charge is 0.186 e. The van der Waals surface area contributed by atoms with E-state index in [1.807, 2.05) is 49.4 Å². The fourth-order valence-corrected chi connectivity index (χ4v) is 2.14. The minimum atomic E-state index is 0.489. The molecule has 0 radical (unpaired) electrons. The molecule has 0 spiro atoms. The van der Waals surface area contributed by atoms with Gasteiger partial charge < -0.3 is 5.32 Å². The van der Waals surface area contributed by atoms with Crippen molar-refractivity contribution in [2.75, 3.05) is 6.54 Å². The summed E-state index contributed by atoms with van der Waals surface area (Å²) in [4.78, 5) is 4.36. The Morgan fingerprint density at radius 1 is 1.24 bits per heavy atom. The second kappa shape index (κ2) is 7.85. The van der Waals surface area contributed by atoms with Crippen molar-refractivity contribution >= 4 is 39.0 Å². The molecule has 0 amide bonds. The first-order chi connectivity index (χ1) is 10.2. The summed E-state index contributed by atoms with van der Waals surface area (Å²) in [6, 6.07) is 13.6. The summed E-state index contributed by atoms with van der Waals surface area (Å²) >= 11 is 8.57. The van der Waals surface area contributed by atoms with Crippen molar-refractivity contribution in [2.45, 2.75) is 6.92 Å². The summed E-state index contributed by atoms with van der Waals surface area (Å²) in [6.07, 6.45) is 1.74. The number of thiocarbonyl (C=S) groups is 1. The Morgan fingerprint density at radius 3 is 2.62 bits per heavy atom. The van der Waals surface area contributed by atoms with Crippen LogP contribution in [0.2, 0.25) is 0 Å². The molecular weight excluding hydrogens is 348 g/mol. The molecule has 2 aromatic rings. The predicted molar refractivity (Wildman–Crippen MR) is 93.4 cm³/mol. The third-order valence-electron chi connectivity index (χ3n) is 2.63. The van der Waals surface area contributed by atoms with E-state index in [9.17, 15) is 0 Å². The Balaban J connectivity index is 2.33. The second-order valence-electron chi connectivity index (χ2n) is 4.15. The lowest BCUT2D eigenvalue weighted by Gasteiger charge is -2.09. The van der Waals surface area contributed by atoms with Gasteiger partial charge in [0.2, 0.25) is 0 Å². The van der Waals surface area contributed by atoms with Crippen LogP contribution >= 0.6 is 28.1 Å². The van der Waals surface area contributed by atoms with Crippen LogP contribution in [0.4, 0.5) is 0 Å². The van der Waals surface area contributed by atoms with Crippen LogP contribution in [0.1, 0.15) is 18.2 Å². The van der Waals surface area contributed by atoms with Gasteiger partial charge in [0.1, 0.15) is 5.71 Å². The van der Waals surface area contributed by atoms with Crippen LogP contribution in [0.15, 0.2) is 58.2 Å². The van der Waals surface area contributed by atoms with Gasteiger partial charge in [0, 0.05) is 22.8 Å². The molecule has 0 aliphatic heterocycles. The summed E-state index contributed by atoms with van der Waals surface area (Å²) in [7, 11) is 0. The van der Waals surface area contributed by atoms with Gasteiger partial charge in [-0.15, -0.1) is 0 Å². The normalized spacial score (nSPS) is 11.0. The molecular formula is C15H15BrN4S. The van der Waals surface area contributed by atoms with Crippen molar-refractivity contribution in [3.63, 3.8) is 0 Å². The van der Waals surface area contributed by atoms with Crippen molar-refractivity contribution in [1.29, 1.82) is 0 Å². The molecule has 0 atom stereocenters. The summed E-state index contributed by atoms with van der Waals surface area (Å²) in [5, 5.41) is 7.88. The minimum absolute atomic E-state index is 0.489. The predicted octanol–water partition coefficient (Wildman–Crippen LogP) is 3.08. The lowest BCUT2D eigenvalue weighted by Crippen LogP contribution is -2.32. The highest BCUT2D eigenvalue weighted by atomic mass is 79.9. The zero-order valence-corrected chi connectivity index (χ0v) is 13.9. The maximum Gasteiger partial charge on any atom is 0.186 e. The first kappa shape index (κ1) is 15.6. The van der Waals surface area contributed by atoms with Gasteiger partial charge in [-0.3, -0.25) is 10.4 Å². The van der Waals surface area contributed by atoms with Crippen molar-refractivity contribution < 1.29 is 0 Å². The van der Waals surface area contributed by atoms with Crippen LogP contribution in [0.3, 0.4) is 0 Å². The Morgan fingerprint density at radius 2 is 2.00 bits per heavy atom. The molecule has 6 heteroatoms. The minimum Gasteiger partial charge on any atom is -0.362 e. The SMILES string of the molecule is CCNC(=S)N/N=C(\c1ccc(Br)cc1)c1ccccn1. The standard InChI is InChI=1S/C15H15BrN4S/c1-2-17-15(21)20-19-14(13-5-3-4-10-18-13)11-6-8-12(16)9-7-11/h3-10H,2H2,1H3,(H2,17,20,21)/b19-14+. The molecule has 108 valence electrons. The molecule has 0 aliphatic carbocycles. The van der Waals surface area contributed by atoms with E-state index in [-0.39, 0.29) is 0 Å². The Hall–Kier alpha value is -1.79. The quantitative estimate of drug-likeness (QED) is 0.498. The highest BCUT2D eigenvalue weighted by Crippen LogP contribution is 2.14. The lowest BCUT2D eigenvalue weighted by molar-refractivity contribution is 0.901. The number of aromatic nitrogens is 1. The lowest BCUT2D eigenvalue weighted by atomic mass is 10.1. The first-order valence-corrected chi connectivity index (χ1v) is 7.69. The maximum absolute atomic E-state index is 5.14. The van der Waals surface area contributed by atoms with E-state index in [4.69, 9.17) is 12.2 Å². The fraction of sp³-hybridized carbons (Fsp3) is 0.133. The number of hydrogen-bond donors (Lipinski definition) is 2. The molecule has 0 saturated carbocycles. The average Bonchev–Trinajstić information content (AvgIpc) is 2.50. The van der Waals surface area contributed by atoms with Gasteiger partial charge in [-0.05, 0) is 43.4 Å². The maximum atomic E-state index is 5.14. The van der Waals surface area contributed by atoms with Crippen molar-refractivity contribution in [3.8, 4) is 0 Å². The number of halogens is 1. The third-order valence-corrected chi connectivity index (χ3v) is 3.40. The van der Waals surface area contributed by atoms with E-state index in [1.165, 1.54) is 0 Å². The topological polar surface area (TPSA) is 49.3 Å². The zero-order valence-electron chi connectivity index (χ0n) is 11.5. The Kier molecular flexibility index (Phi) is 5.83. The van der Waals surface area contributed by atoms with E-state index >= 15 is 0 Å². The van der Waals surface area contributed by atoms with E-state index in [0.717, 1.165) is 28.0 Å². The van der Waals surface area contributed by atoms with Gasteiger partial charge in [-0.25, -0.2) is 0 Å². The summed E-state index contributed by atoms with van der Waals surface area (Å²) in [5.41, 5.74) is 5.34. The molecule has 0 saturated heterocycles. The number of hydrogen-bond acceptors (Lipinski definition) is 3. The van der Waals surface area contributed by atoms with Crippen LogP contribution in [-0.2, 0) is 0 Å². The molecule has 21 heavy (non-hydrogen) atoms. The number of hydrazone groups is 1. The van der Waals surface area contributed by atoms with Crippen LogP contribution < -0.4 is 10.7 Å². The second-order valence-corrected chi connectivity index (χ2v) is 5.48. The van der Waals surface area contributed by atoms with Gasteiger partial charge in [-0.2, -0.15) is 5.10 Å². The molecule has 1 heterocycles. The van der Waals surface area contributed by atoms with Gasteiger partial charge in [0.05, 0.1) is 5.69 Å². The van der Waals surface area contributed by atoms with Crippen molar-refractivity contribution in [3.05, 3.63) is 64.4 Å². The number of pyridine rings is 1. The van der Waals surface area contributed by atoms with E-state index < -0.39 is 0 Å². The van der Waals surface area contributed by atoms with Crippen molar-refractivity contribution in [2.24, 2.45) is 5.10 Å². The first-order valence-electron chi connectivity index (χ1n) is 6.49. The highest BCUT2D eigenvalue weighted by Gasteiger charge is 2.08. The summed E-state index contributed by atoms with van der Waals surface area (Å²) in [6.45, 7) is 2.73. The highest BCUT2D eigenvalue weighted by molar-refractivity contribution is 9.10. The molecule has 1 aromatic heterocycles. The molecule has 1 aromatic carbocycles. The molecule has 0 unspecified atom stereocenters. The average molecular weight is 363 g/mol. The van der Waals surface area contributed by atoms with Crippen LogP contribution in [0.25, 0.3) is 0 Å². The van der Waals surface area contributed by atoms with Crippen LogP contribution in [-0.4, -0.2) is 22.4 Å². The zero-order chi connectivity index (χ0) is 15.1. The Labute approximate surface area is 137 Å². The fourth-order valence-electron chi connectivity index (χ4n) is 1.69. The van der Waals surface area contributed by atoms with Gasteiger partial charge in [0.15, 0.2) is 5.11 Å². The number of rotatable bonds is 4. The molecule has 4 nitrogen and oxygen atoms in total. The van der Waals surface area contributed by atoms with Gasteiger partial charge in [-0.1, -0.05) is 34.1 Å². The molecule has 2 N–H and O–H groups in total. The van der Waals surface area contributed by atoms with E-state index in [1.54, 1.807) is 6.20 Å². The largest absolute Gasteiger partial charge is 0.362 e. The summed E-state index contributed by atoms with van der Waals surface area (Å²) < 4.78 is 1.02. The number of nitrogens with zero attached hydrogens (tertiary/aromatic N) is 2. The Bertz CT molecular complexity index is 626. The summed E-state index contributed by atoms with van der Waals surface area (Å²) in [5.74, 6) is 0. The van der Waals surface area contributed by atoms with Crippen molar-refractivity contribution in [1.82, 2.24) is 15.7 Å². The molecule has 2 rings (SSSR count). The van der Waals surface area contributed by atoms with Gasteiger partial charge >= 0.3 is 0 Å². The van der Waals surface area contributed by atoms with Gasteiger partial charge in [0.25, 0.3) is 0 Å². The molecule has 0 aliphatic rings. The van der Waals surface area contributed by atoms with E-state index in [2.05, 4.69) is 36.8 Å². The number of nitrogens with one attached hydrogen (secondary N) is 2. The third kappa shape index (κ3) is 4.61. The van der Waals surface area contributed by atoms with E-state index in [0.29, 0.717) is 5.11 Å². The monoisotopic (exact) mass is 362 g/mol. The molecule has 0 bridgehead atoms. The molecule has 0 fully saturated rings. The number of benzene rings is 1.